The lowest BCUT2D eigenvalue weighted by atomic mass is 9.57. The zero-order valence-electron chi connectivity index (χ0n) is 14.4. The fourth-order valence-electron chi connectivity index (χ4n) is 4.79. The predicted molar refractivity (Wildman–Crippen MR) is 98.0 cm³/mol. The largest absolute Gasteiger partial charge is 0.481 e. The summed E-state index contributed by atoms with van der Waals surface area (Å²) in [6.45, 7) is 0. The number of fused-ring (bicyclic) bond motifs is 3. The van der Waals surface area contributed by atoms with Crippen LogP contribution in [0.4, 0.5) is 5.82 Å². The van der Waals surface area contributed by atoms with Crippen molar-refractivity contribution in [3.8, 4) is 0 Å². The Labute approximate surface area is 150 Å². The number of benzene rings is 1. The van der Waals surface area contributed by atoms with Crippen LogP contribution in [0.15, 0.2) is 35.0 Å². The third-order valence-electron chi connectivity index (χ3n) is 6.25. The van der Waals surface area contributed by atoms with Crippen molar-refractivity contribution >= 4 is 33.9 Å². The number of anilines is 1. The van der Waals surface area contributed by atoms with E-state index in [1.165, 1.54) is 0 Å². The first-order valence-electron chi connectivity index (χ1n) is 9.25. The molecule has 2 N–H and O–H groups in total. The zero-order chi connectivity index (χ0) is 17.7. The summed E-state index contributed by atoms with van der Waals surface area (Å²) < 4.78 is 5.98. The van der Waals surface area contributed by atoms with Gasteiger partial charge in [-0.15, -0.1) is 0 Å². The molecule has 0 aliphatic heterocycles. The first kappa shape index (κ1) is 15.6. The number of carboxylic acid groups (broad SMARTS) is 1. The van der Waals surface area contributed by atoms with Gasteiger partial charge in [-0.3, -0.25) is 4.79 Å². The summed E-state index contributed by atoms with van der Waals surface area (Å²) in [7, 11) is 0. The molecule has 6 nitrogen and oxygen atoms in total. The molecule has 2 aromatic heterocycles. The molecule has 1 spiro atoms. The van der Waals surface area contributed by atoms with E-state index in [1.807, 2.05) is 24.3 Å². The van der Waals surface area contributed by atoms with Gasteiger partial charge in [-0.1, -0.05) is 12.1 Å². The normalized spacial score (nSPS) is 28.3. The number of furan rings is 1. The lowest BCUT2D eigenvalue weighted by molar-refractivity contribution is -0.144. The highest BCUT2D eigenvalue weighted by molar-refractivity contribution is 6.05. The lowest BCUT2D eigenvalue weighted by Crippen LogP contribution is -2.47. The van der Waals surface area contributed by atoms with Gasteiger partial charge in [-0.2, -0.15) is 0 Å². The summed E-state index contributed by atoms with van der Waals surface area (Å²) in [4.78, 5) is 19.9. The highest BCUT2D eigenvalue weighted by Gasteiger charge is 2.47. The predicted octanol–water partition coefficient (Wildman–Crippen LogP) is 4.21. The van der Waals surface area contributed by atoms with E-state index < -0.39 is 5.97 Å². The standard InChI is InChI=1S/C20H21N3O3/c24-19(25)12-5-7-20(8-6-12)9-13(10-20)23-18-17-16(21-11-22-18)14-3-1-2-4-15(14)26-17/h1-4,11-13H,5-10H2,(H,24,25)(H,21,22,23). The Kier molecular flexibility index (Phi) is 3.42. The Hall–Kier alpha value is -2.63. The summed E-state index contributed by atoms with van der Waals surface area (Å²) >= 11 is 0. The summed E-state index contributed by atoms with van der Waals surface area (Å²) in [5.41, 5.74) is 2.70. The van der Waals surface area contributed by atoms with Gasteiger partial charge >= 0.3 is 5.97 Å². The Bertz CT molecular complexity index is 980. The van der Waals surface area contributed by atoms with Crippen LogP contribution in [0.1, 0.15) is 38.5 Å². The van der Waals surface area contributed by atoms with Gasteiger partial charge in [-0.25, -0.2) is 9.97 Å². The molecule has 0 radical (unpaired) electrons. The molecule has 5 rings (SSSR count). The average molecular weight is 351 g/mol. The van der Waals surface area contributed by atoms with E-state index in [-0.39, 0.29) is 5.92 Å². The zero-order valence-corrected chi connectivity index (χ0v) is 14.4. The topological polar surface area (TPSA) is 88.2 Å². The highest BCUT2D eigenvalue weighted by Crippen LogP contribution is 2.53. The smallest absolute Gasteiger partial charge is 0.306 e. The Morgan fingerprint density at radius 3 is 2.73 bits per heavy atom. The molecule has 2 saturated carbocycles. The van der Waals surface area contributed by atoms with Crippen LogP contribution in [0.2, 0.25) is 0 Å². The van der Waals surface area contributed by atoms with Gasteiger partial charge < -0.3 is 14.8 Å². The number of aliphatic carboxylic acids is 1. The van der Waals surface area contributed by atoms with Crippen LogP contribution < -0.4 is 5.32 Å². The van der Waals surface area contributed by atoms with Crippen molar-refractivity contribution in [3.63, 3.8) is 0 Å². The number of hydrogen-bond acceptors (Lipinski definition) is 5. The third-order valence-corrected chi connectivity index (χ3v) is 6.25. The Morgan fingerprint density at radius 1 is 1.19 bits per heavy atom. The first-order chi connectivity index (χ1) is 12.6. The van der Waals surface area contributed by atoms with E-state index in [0.717, 1.165) is 60.8 Å². The van der Waals surface area contributed by atoms with E-state index in [0.29, 0.717) is 17.0 Å². The summed E-state index contributed by atoms with van der Waals surface area (Å²) in [5, 5.41) is 13.7. The molecule has 0 amide bonds. The fourth-order valence-corrected chi connectivity index (χ4v) is 4.79. The molecule has 2 aliphatic rings. The molecular formula is C20H21N3O3. The number of carboxylic acids is 1. The number of para-hydroxylation sites is 1. The van der Waals surface area contributed by atoms with Crippen LogP contribution in [0, 0.1) is 11.3 Å². The summed E-state index contributed by atoms with van der Waals surface area (Å²) in [6.07, 6.45) is 7.39. The van der Waals surface area contributed by atoms with E-state index in [4.69, 9.17) is 9.52 Å². The van der Waals surface area contributed by atoms with Gasteiger partial charge in [0.05, 0.1) is 5.92 Å². The second-order valence-electron chi connectivity index (χ2n) is 7.86. The maximum atomic E-state index is 11.1. The van der Waals surface area contributed by atoms with Crippen LogP contribution in [0.3, 0.4) is 0 Å². The quantitative estimate of drug-likeness (QED) is 0.735. The molecule has 6 heteroatoms. The minimum atomic E-state index is -0.637. The van der Waals surface area contributed by atoms with Gasteiger partial charge in [0, 0.05) is 11.4 Å². The molecule has 0 atom stereocenters. The van der Waals surface area contributed by atoms with Crippen molar-refractivity contribution in [2.24, 2.45) is 11.3 Å². The van der Waals surface area contributed by atoms with Gasteiger partial charge in [0.2, 0.25) is 0 Å². The number of nitrogens with one attached hydrogen (secondary N) is 1. The molecule has 134 valence electrons. The number of nitrogens with zero attached hydrogens (tertiary/aromatic N) is 2. The molecule has 26 heavy (non-hydrogen) atoms. The fraction of sp³-hybridized carbons (Fsp3) is 0.450. The van der Waals surface area contributed by atoms with Crippen molar-refractivity contribution in [2.45, 2.75) is 44.6 Å². The Morgan fingerprint density at radius 2 is 1.96 bits per heavy atom. The second kappa shape index (κ2) is 5.69. The van der Waals surface area contributed by atoms with Gasteiger partial charge in [0.15, 0.2) is 11.4 Å². The number of carbonyl (C=O) groups is 1. The molecule has 2 heterocycles. The van der Waals surface area contributed by atoms with Gasteiger partial charge in [-0.05, 0) is 56.1 Å². The average Bonchev–Trinajstić information content (AvgIpc) is 3.01. The molecule has 0 saturated heterocycles. The number of hydrogen-bond donors (Lipinski definition) is 2. The van der Waals surface area contributed by atoms with Gasteiger partial charge in [0.1, 0.15) is 17.4 Å². The van der Waals surface area contributed by atoms with E-state index >= 15 is 0 Å². The maximum absolute atomic E-state index is 11.1. The van der Waals surface area contributed by atoms with Crippen LogP contribution in [0.25, 0.3) is 22.1 Å². The highest BCUT2D eigenvalue weighted by atomic mass is 16.4. The molecule has 0 unspecified atom stereocenters. The van der Waals surface area contributed by atoms with Crippen LogP contribution in [-0.4, -0.2) is 27.1 Å². The van der Waals surface area contributed by atoms with Crippen molar-refractivity contribution in [2.75, 3.05) is 5.32 Å². The van der Waals surface area contributed by atoms with E-state index in [1.54, 1.807) is 6.33 Å². The van der Waals surface area contributed by atoms with Gasteiger partial charge in [0.25, 0.3) is 0 Å². The van der Waals surface area contributed by atoms with E-state index in [9.17, 15) is 4.79 Å². The molecule has 2 fully saturated rings. The third kappa shape index (κ3) is 2.43. The van der Waals surface area contributed by atoms with Crippen LogP contribution >= 0.6 is 0 Å². The van der Waals surface area contributed by atoms with Crippen molar-refractivity contribution < 1.29 is 14.3 Å². The van der Waals surface area contributed by atoms with Crippen molar-refractivity contribution in [3.05, 3.63) is 30.6 Å². The SMILES string of the molecule is O=C(O)C1CCC2(CC1)CC(Nc1ncnc3c1oc1ccccc13)C2. The second-order valence-corrected chi connectivity index (χ2v) is 7.86. The Balaban J connectivity index is 1.32. The van der Waals surface area contributed by atoms with Crippen LogP contribution in [0.5, 0.6) is 0 Å². The summed E-state index contributed by atoms with van der Waals surface area (Å²) in [5.74, 6) is -0.0305. The van der Waals surface area contributed by atoms with Crippen molar-refractivity contribution in [1.29, 1.82) is 0 Å². The van der Waals surface area contributed by atoms with Crippen molar-refractivity contribution in [1.82, 2.24) is 9.97 Å². The first-order valence-corrected chi connectivity index (χ1v) is 9.25. The number of aromatic nitrogens is 2. The molecular weight excluding hydrogens is 330 g/mol. The van der Waals surface area contributed by atoms with Crippen LogP contribution in [-0.2, 0) is 4.79 Å². The number of rotatable bonds is 3. The summed E-state index contributed by atoms with van der Waals surface area (Å²) in [6, 6.07) is 8.25. The molecule has 0 bridgehead atoms. The lowest BCUT2D eigenvalue weighted by Gasteiger charge is -2.51. The minimum absolute atomic E-state index is 0.148. The molecule has 1 aromatic carbocycles. The molecule has 2 aliphatic carbocycles. The monoisotopic (exact) mass is 351 g/mol. The van der Waals surface area contributed by atoms with E-state index in [2.05, 4.69) is 15.3 Å². The molecule has 3 aromatic rings. The minimum Gasteiger partial charge on any atom is -0.481 e. The maximum Gasteiger partial charge on any atom is 0.306 e.